The molecule has 16 heteroatoms. The van der Waals surface area contributed by atoms with Crippen LogP contribution in [0.1, 0.15) is 16.7 Å². The van der Waals surface area contributed by atoms with Gasteiger partial charge in [0.25, 0.3) is 0 Å². The van der Waals surface area contributed by atoms with E-state index in [2.05, 4.69) is 35.2 Å². The van der Waals surface area contributed by atoms with Crippen molar-refractivity contribution in [2.75, 3.05) is 23.6 Å². The Balaban J connectivity index is 0.000000192. The molecule has 14 nitrogen and oxygen atoms in total. The van der Waals surface area contributed by atoms with Gasteiger partial charge in [-0.05, 0) is 58.7 Å². The summed E-state index contributed by atoms with van der Waals surface area (Å²) < 4.78 is 48.8. The number of sulfone groups is 2. The van der Waals surface area contributed by atoms with Crippen LogP contribution in [0.5, 0.6) is 0 Å². The molecule has 3 heterocycles. The van der Waals surface area contributed by atoms with Gasteiger partial charge in [-0.3, -0.25) is 19.9 Å². The number of nitrogen functional groups attached to an aromatic ring is 1. The fourth-order valence-electron chi connectivity index (χ4n) is 5.77. The summed E-state index contributed by atoms with van der Waals surface area (Å²) in [4.78, 5) is 25.7. The molecule has 7 aromatic rings. The average molecular weight is 745 g/mol. The van der Waals surface area contributed by atoms with Crippen LogP contribution in [-0.2, 0) is 32.8 Å². The second kappa shape index (κ2) is 15.1. The smallest absolute Gasteiger partial charge is 0.176 e. The molecule has 5 N–H and O–H groups in total. The summed E-state index contributed by atoms with van der Waals surface area (Å²) in [7, 11) is -6.81. The highest BCUT2D eigenvalue weighted by molar-refractivity contribution is 7.91. The maximum Gasteiger partial charge on any atom is 0.176 e. The molecule has 53 heavy (non-hydrogen) atoms. The Kier molecular flexibility index (Phi) is 10.3. The van der Waals surface area contributed by atoms with Crippen molar-refractivity contribution < 1.29 is 16.8 Å². The third kappa shape index (κ3) is 7.92. The minimum absolute atomic E-state index is 0.0759. The second-order valence-electron chi connectivity index (χ2n) is 11.8. The zero-order chi connectivity index (χ0) is 37.8. The van der Waals surface area contributed by atoms with Gasteiger partial charge in [0.05, 0.1) is 31.9 Å². The molecule has 0 aliphatic heterocycles. The number of nitriles is 1. The van der Waals surface area contributed by atoms with Gasteiger partial charge in [0, 0.05) is 61.5 Å². The molecule has 0 spiro atoms. The zero-order valence-electron chi connectivity index (χ0n) is 28.5. The van der Waals surface area contributed by atoms with Crippen LogP contribution in [0, 0.1) is 11.3 Å². The molecular formula is C37H32N10O4S2. The SMILES string of the molecule is CS(=O)(=O)c1ccccc1-c1cc2nccnc2cc1CN.CS(=O)(=O)c1ccccc1-c1cc2nccnc2cc1CNc1ncnc(N)c1C#N. The lowest BCUT2D eigenvalue weighted by molar-refractivity contribution is 0.600. The Hall–Kier alpha value is -6.41. The number of nitrogens with one attached hydrogen (secondary N) is 1. The number of nitrogens with zero attached hydrogens (tertiary/aromatic N) is 7. The normalized spacial score (nSPS) is 11.4. The first-order valence-corrected chi connectivity index (χ1v) is 19.7. The van der Waals surface area contributed by atoms with Crippen molar-refractivity contribution in [1.82, 2.24) is 29.9 Å². The van der Waals surface area contributed by atoms with E-state index in [0.29, 0.717) is 39.8 Å². The summed E-state index contributed by atoms with van der Waals surface area (Å²) in [5.41, 5.74) is 18.7. The number of benzene rings is 4. The van der Waals surface area contributed by atoms with Gasteiger partial charge in [-0.15, -0.1) is 0 Å². The molecule has 266 valence electrons. The Morgan fingerprint density at radius 1 is 0.642 bits per heavy atom. The van der Waals surface area contributed by atoms with Gasteiger partial charge >= 0.3 is 0 Å². The summed E-state index contributed by atoms with van der Waals surface area (Å²) in [5.74, 6) is 0.364. The van der Waals surface area contributed by atoms with Gasteiger partial charge in [0.1, 0.15) is 29.6 Å². The van der Waals surface area contributed by atoms with Crippen LogP contribution in [0.3, 0.4) is 0 Å². The highest BCUT2D eigenvalue weighted by Gasteiger charge is 2.19. The summed E-state index contributed by atoms with van der Waals surface area (Å²) in [5, 5.41) is 12.5. The number of aromatic nitrogens is 6. The van der Waals surface area contributed by atoms with Crippen molar-refractivity contribution in [3.8, 4) is 28.3 Å². The van der Waals surface area contributed by atoms with Crippen LogP contribution in [0.4, 0.5) is 11.6 Å². The first-order chi connectivity index (χ1) is 25.4. The van der Waals surface area contributed by atoms with Crippen molar-refractivity contribution in [1.29, 1.82) is 5.26 Å². The van der Waals surface area contributed by atoms with Gasteiger partial charge < -0.3 is 16.8 Å². The van der Waals surface area contributed by atoms with Gasteiger partial charge in [-0.1, -0.05) is 36.4 Å². The van der Waals surface area contributed by atoms with Crippen LogP contribution in [0.15, 0.2) is 114 Å². The van der Waals surface area contributed by atoms with E-state index in [1.807, 2.05) is 36.4 Å². The molecule has 0 radical (unpaired) electrons. The quantitative estimate of drug-likeness (QED) is 0.191. The van der Waals surface area contributed by atoms with Gasteiger partial charge in [0.2, 0.25) is 0 Å². The Labute approximate surface area is 305 Å². The van der Waals surface area contributed by atoms with Crippen LogP contribution in [-0.4, -0.2) is 59.3 Å². The Morgan fingerprint density at radius 3 is 1.57 bits per heavy atom. The fourth-order valence-corrected chi connectivity index (χ4v) is 7.58. The molecule has 0 aliphatic carbocycles. The van der Waals surface area contributed by atoms with E-state index in [4.69, 9.17) is 11.5 Å². The van der Waals surface area contributed by atoms with Gasteiger partial charge in [-0.2, -0.15) is 5.26 Å². The topological polar surface area (TPSA) is 233 Å². The van der Waals surface area contributed by atoms with Crippen molar-refractivity contribution in [3.63, 3.8) is 0 Å². The highest BCUT2D eigenvalue weighted by atomic mass is 32.2. The van der Waals surface area contributed by atoms with Crippen LogP contribution < -0.4 is 16.8 Å². The third-order valence-corrected chi connectivity index (χ3v) is 10.5. The van der Waals surface area contributed by atoms with Crippen molar-refractivity contribution in [2.24, 2.45) is 5.73 Å². The molecule has 4 aromatic carbocycles. The maximum absolute atomic E-state index is 12.4. The number of hydrogen-bond donors (Lipinski definition) is 3. The largest absolute Gasteiger partial charge is 0.382 e. The Morgan fingerprint density at radius 2 is 1.09 bits per heavy atom. The maximum atomic E-state index is 12.4. The van der Waals surface area contributed by atoms with E-state index < -0.39 is 19.7 Å². The molecule has 0 bridgehead atoms. The van der Waals surface area contributed by atoms with Crippen molar-refractivity contribution in [2.45, 2.75) is 22.9 Å². The van der Waals surface area contributed by atoms with Gasteiger partial charge in [-0.25, -0.2) is 26.8 Å². The number of rotatable bonds is 8. The van der Waals surface area contributed by atoms with Gasteiger partial charge in [0.15, 0.2) is 19.7 Å². The summed E-state index contributed by atoms with van der Waals surface area (Å²) in [6, 6.07) is 23.0. The van der Waals surface area contributed by atoms with E-state index >= 15 is 0 Å². The average Bonchev–Trinajstić information content (AvgIpc) is 3.15. The fraction of sp³-hybridized carbons (Fsp3) is 0.108. The van der Waals surface area contributed by atoms with Crippen molar-refractivity contribution >= 4 is 53.4 Å². The molecule has 7 rings (SSSR count). The lowest BCUT2D eigenvalue weighted by atomic mass is 9.98. The van der Waals surface area contributed by atoms with Crippen LogP contribution >= 0.6 is 0 Å². The predicted molar refractivity (Wildman–Crippen MR) is 203 cm³/mol. The monoisotopic (exact) mass is 744 g/mol. The molecule has 0 saturated carbocycles. The summed E-state index contributed by atoms with van der Waals surface area (Å²) in [6.45, 7) is 0.533. The minimum atomic E-state index is -3.47. The van der Waals surface area contributed by atoms with Crippen LogP contribution in [0.25, 0.3) is 44.3 Å². The number of anilines is 2. The predicted octanol–water partition coefficient (Wildman–Crippen LogP) is 4.72. The van der Waals surface area contributed by atoms with E-state index in [-0.39, 0.29) is 33.5 Å². The van der Waals surface area contributed by atoms with E-state index in [1.165, 1.54) is 18.8 Å². The molecule has 0 atom stereocenters. The molecule has 0 fully saturated rings. The van der Waals surface area contributed by atoms with Crippen molar-refractivity contribution in [3.05, 3.63) is 121 Å². The second-order valence-corrected chi connectivity index (χ2v) is 15.8. The number of fused-ring (bicyclic) bond motifs is 2. The third-order valence-electron chi connectivity index (χ3n) is 8.20. The zero-order valence-corrected chi connectivity index (χ0v) is 30.1. The van der Waals surface area contributed by atoms with E-state index in [1.54, 1.807) is 67.3 Å². The minimum Gasteiger partial charge on any atom is -0.382 e. The Bertz CT molecular complexity index is 2770. The van der Waals surface area contributed by atoms with Crippen LogP contribution in [0.2, 0.25) is 0 Å². The molecule has 3 aromatic heterocycles. The molecule has 0 amide bonds. The molecular weight excluding hydrogens is 713 g/mol. The molecule has 0 saturated heterocycles. The first kappa shape index (κ1) is 36.4. The summed E-state index contributed by atoms with van der Waals surface area (Å²) in [6.07, 6.45) is 10.0. The summed E-state index contributed by atoms with van der Waals surface area (Å²) >= 11 is 0. The highest BCUT2D eigenvalue weighted by Crippen LogP contribution is 2.34. The molecule has 0 aliphatic rings. The standard InChI is InChI=1S/C21H17N7O2S.C16H15N3O2S/c1-31(29,30)19-5-3-2-4-14(19)15-9-18-17(24-6-7-25-18)8-13(15)11-26-21-16(10-22)20(23)27-12-28-21;1-22(20,21)16-5-3-2-4-12(16)13-9-15-14(8-11(13)10-17)18-6-7-19-15/h2-9,12H,11H2,1H3,(H3,23,26,27,28);2-9H,10,17H2,1H3. The number of hydrogen-bond acceptors (Lipinski definition) is 14. The molecule has 0 unspecified atom stereocenters. The number of nitrogens with two attached hydrogens (primary N) is 2. The van der Waals surface area contributed by atoms with E-state index in [9.17, 15) is 22.1 Å². The lowest BCUT2D eigenvalue weighted by Gasteiger charge is -2.15. The lowest BCUT2D eigenvalue weighted by Crippen LogP contribution is -2.08. The van der Waals surface area contributed by atoms with E-state index in [0.717, 1.165) is 22.2 Å². The first-order valence-electron chi connectivity index (χ1n) is 15.9.